The molecule has 332 valence electrons. The number of benzene rings is 2. The third-order valence-corrected chi connectivity index (χ3v) is 13.8. The zero-order valence-electron chi connectivity index (χ0n) is 35.7. The monoisotopic (exact) mass is 882 g/mol. The molecular formula is C45H52ClFN10O6. The largest absolute Gasteiger partial charge is 0.478 e. The number of carbonyl (C=O) groups excluding carboxylic acids is 4. The Kier molecular flexibility index (Phi) is 11.5. The molecule has 18 heteroatoms. The molecule has 4 aromatic rings. The summed E-state index contributed by atoms with van der Waals surface area (Å²) in [5.74, 6) is -0.234. The summed E-state index contributed by atoms with van der Waals surface area (Å²) in [6.07, 6.45) is 5.97. The lowest BCUT2D eigenvalue weighted by Gasteiger charge is -2.55. The number of imide groups is 1. The van der Waals surface area contributed by atoms with Crippen LogP contribution in [-0.2, 0) is 20.9 Å². The van der Waals surface area contributed by atoms with Gasteiger partial charge in [0.05, 0.1) is 23.9 Å². The SMILES string of the molecule is CNC(=O)COc1cc2cc(Nc3nc(N4CCC(CN5CC6(CCN(c7ccc8c(c7F)CN(C7CCC(=O)NC7=O)C8=O)CC6)C5)CC4)ncc3Cl)ccc2n(C(C)C)c1=O. The predicted octanol–water partition coefficient (Wildman–Crippen LogP) is 4.61. The average molecular weight is 883 g/mol. The fourth-order valence-electron chi connectivity index (χ4n) is 10.1. The molecule has 0 radical (unpaired) electrons. The van der Waals surface area contributed by atoms with Gasteiger partial charge >= 0.3 is 0 Å². The van der Waals surface area contributed by atoms with Gasteiger partial charge in [0.15, 0.2) is 24.0 Å². The lowest BCUT2D eigenvalue weighted by Crippen LogP contribution is -2.61. The highest BCUT2D eigenvalue weighted by Gasteiger charge is 2.46. The Labute approximate surface area is 369 Å². The molecule has 5 aliphatic heterocycles. The maximum atomic E-state index is 16.0. The smallest absolute Gasteiger partial charge is 0.293 e. The number of nitrogens with zero attached hydrogens (tertiary/aromatic N) is 7. The van der Waals surface area contributed by atoms with Gasteiger partial charge in [-0.15, -0.1) is 0 Å². The number of fused-ring (bicyclic) bond motifs is 2. The molecule has 0 saturated carbocycles. The number of anilines is 4. The summed E-state index contributed by atoms with van der Waals surface area (Å²) in [5.41, 5.74) is 2.49. The fraction of sp³-hybridized carbons (Fsp3) is 0.489. The minimum Gasteiger partial charge on any atom is -0.478 e. The number of pyridine rings is 1. The molecule has 9 rings (SSSR count). The number of ether oxygens (including phenoxy) is 1. The van der Waals surface area contributed by atoms with Crippen LogP contribution < -0.4 is 36.0 Å². The minimum atomic E-state index is -0.775. The van der Waals surface area contributed by atoms with Crippen molar-refractivity contribution >= 4 is 69.3 Å². The fourth-order valence-corrected chi connectivity index (χ4v) is 10.2. The van der Waals surface area contributed by atoms with E-state index in [2.05, 4.69) is 35.6 Å². The molecule has 3 N–H and O–H groups in total. The summed E-state index contributed by atoms with van der Waals surface area (Å²) >= 11 is 6.61. The van der Waals surface area contributed by atoms with Gasteiger partial charge in [-0.1, -0.05) is 11.6 Å². The van der Waals surface area contributed by atoms with E-state index in [9.17, 15) is 24.0 Å². The summed E-state index contributed by atoms with van der Waals surface area (Å²) < 4.78 is 23.3. The van der Waals surface area contributed by atoms with E-state index in [-0.39, 0.29) is 66.5 Å². The first-order valence-electron chi connectivity index (χ1n) is 21.8. The first-order chi connectivity index (χ1) is 30.3. The molecular weight excluding hydrogens is 831 g/mol. The third kappa shape index (κ3) is 8.28. The molecule has 16 nitrogen and oxygen atoms in total. The van der Waals surface area contributed by atoms with Crippen molar-refractivity contribution in [1.82, 2.24) is 35.0 Å². The molecule has 2 aromatic carbocycles. The Hall–Kier alpha value is -5.81. The highest BCUT2D eigenvalue weighted by Crippen LogP contribution is 2.43. The molecule has 1 spiro atoms. The first-order valence-corrected chi connectivity index (χ1v) is 22.2. The molecule has 5 aliphatic rings. The number of likely N-dealkylation sites (tertiary alicyclic amines) is 1. The topological polar surface area (TPSA) is 174 Å². The van der Waals surface area contributed by atoms with E-state index in [1.54, 1.807) is 29.0 Å². The normalized spacial score (nSPS) is 20.3. The summed E-state index contributed by atoms with van der Waals surface area (Å²) in [6.45, 7) is 9.83. The first kappa shape index (κ1) is 42.5. The zero-order chi connectivity index (χ0) is 44.2. The van der Waals surface area contributed by atoms with E-state index in [0.29, 0.717) is 45.2 Å². The maximum absolute atomic E-state index is 16.0. The van der Waals surface area contributed by atoms with Crippen LogP contribution in [0.3, 0.4) is 0 Å². The van der Waals surface area contributed by atoms with Gasteiger partial charge in [0.1, 0.15) is 11.1 Å². The van der Waals surface area contributed by atoms with Crippen LogP contribution in [0.25, 0.3) is 10.9 Å². The van der Waals surface area contributed by atoms with Gasteiger partial charge in [0.25, 0.3) is 17.4 Å². The van der Waals surface area contributed by atoms with Gasteiger partial charge in [-0.2, -0.15) is 4.98 Å². The van der Waals surface area contributed by atoms with Crippen molar-refractivity contribution in [3.63, 3.8) is 0 Å². The number of hydrogen-bond donors (Lipinski definition) is 3. The molecule has 1 atom stereocenters. The van der Waals surface area contributed by atoms with Crippen LogP contribution in [0.5, 0.6) is 5.75 Å². The Morgan fingerprint density at radius 1 is 1.02 bits per heavy atom. The van der Waals surface area contributed by atoms with Crippen LogP contribution in [-0.4, -0.2) is 113 Å². The second-order valence-electron chi connectivity index (χ2n) is 17.9. The van der Waals surface area contributed by atoms with E-state index in [1.807, 2.05) is 32.0 Å². The number of hydrogen-bond acceptors (Lipinski definition) is 12. The van der Waals surface area contributed by atoms with Gasteiger partial charge in [-0.25, -0.2) is 9.37 Å². The Morgan fingerprint density at radius 2 is 1.78 bits per heavy atom. The quantitative estimate of drug-likeness (QED) is 0.179. The van der Waals surface area contributed by atoms with Crippen molar-refractivity contribution < 1.29 is 28.3 Å². The molecule has 4 saturated heterocycles. The van der Waals surface area contributed by atoms with Crippen molar-refractivity contribution in [3.8, 4) is 5.75 Å². The van der Waals surface area contributed by atoms with E-state index >= 15 is 4.39 Å². The lowest BCUT2D eigenvalue weighted by atomic mass is 9.71. The highest BCUT2D eigenvalue weighted by molar-refractivity contribution is 6.33. The number of rotatable bonds is 11. The average Bonchev–Trinajstić information content (AvgIpc) is 3.59. The van der Waals surface area contributed by atoms with Gasteiger partial charge in [-0.3, -0.25) is 29.3 Å². The summed E-state index contributed by atoms with van der Waals surface area (Å²) in [5, 5.41) is 9.27. The second kappa shape index (κ2) is 17.1. The number of carbonyl (C=O) groups is 4. The number of halogens is 2. The highest BCUT2D eigenvalue weighted by atomic mass is 35.5. The number of aromatic nitrogens is 3. The van der Waals surface area contributed by atoms with E-state index in [4.69, 9.17) is 21.3 Å². The third-order valence-electron chi connectivity index (χ3n) is 13.5. The van der Waals surface area contributed by atoms with Crippen molar-refractivity contribution in [1.29, 1.82) is 0 Å². The number of nitrogens with one attached hydrogen (secondary N) is 3. The van der Waals surface area contributed by atoms with Crippen molar-refractivity contribution in [2.24, 2.45) is 11.3 Å². The van der Waals surface area contributed by atoms with E-state index in [1.165, 1.54) is 11.9 Å². The van der Waals surface area contributed by atoms with Crippen LogP contribution >= 0.6 is 11.6 Å². The number of likely N-dealkylation sites (N-methyl/N-ethyl adjacent to an activating group) is 1. The molecule has 7 heterocycles. The molecule has 0 bridgehead atoms. The van der Waals surface area contributed by atoms with E-state index in [0.717, 1.165) is 82.4 Å². The molecule has 1 unspecified atom stereocenters. The zero-order valence-corrected chi connectivity index (χ0v) is 36.5. The lowest BCUT2D eigenvalue weighted by molar-refractivity contribution is -0.137. The predicted molar refractivity (Wildman–Crippen MR) is 236 cm³/mol. The summed E-state index contributed by atoms with van der Waals surface area (Å²) in [4.78, 5) is 80.0. The van der Waals surface area contributed by atoms with Crippen LogP contribution in [0.1, 0.15) is 74.3 Å². The molecule has 4 fully saturated rings. The van der Waals surface area contributed by atoms with Gasteiger partial charge < -0.3 is 39.5 Å². The van der Waals surface area contributed by atoms with Gasteiger partial charge in [0, 0.05) is 87.5 Å². The molecule has 63 heavy (non-hydrogen) atoms. The van der Waals surface area contributed by atoms with Gasteiger partial charge in [-0.05, 0) is 93.7 Å². The maximum Gasteiger partial charge on any atom is 0.293 e. The summed E-state index contributed by atoms with van der Waals surface area (Å²) in [6, 6.07) is 9.75. The van der Waals surface area contributed by atoms with Crippen molar-refractivity contribution in [2.75, 3.05) is 74.6 Å². The molecule has 2 aromatic heterocycles. The number of amides is 4. The van der Waals surface area contributed by atoms with Crippen molar-refractivity contribution in [2.45, 2.75) is 71.0 Å². The van der Waals surface area contributed by atoms with Crippen LogP contribution in [0.4, 0.5) is 27.5 Å². The minimum absolute atomic E-state index is 0.0239. The Bertz CT molecular complexity index is 2550. The van der Waals surface area contributed by atoms with Gasteiger partial charge in [0.2, 0.25) is 17.8 Å². The Morgan fingerprint density at radius 3 is 2.49 bits per heavy atom. The standard InChI is InChI=1S/C45H52ClFN10O6/c1-26(2)57-33-6-4-29(18-28(33)19-36(43(57)62)63-23-38(59)48-3)50-40-32(46)20-49-44(52-40)55-14-10-27(11-15-55)21-53-24-45(25-53)12-16-54(17-13-45)34-7-5-30-31(39(34)47)22-56(42(30)61)35-8-9-37(58)51-41(35)60/h4-7,18-20,26-27,35H,8-17,21-25H2,1-3H3,(H,48,59)(H,49,50,52)(H,51,58,60). The van der Waals surface area contributed by atoms with Crippen LogP contribution in [0, 0.1) is 17.2 Å². The van der Waals surface area contributed by atoms with E-state index < -0.39 is 17.8 Å². The van der Waals surface area contributed by atoms with Crippen molar-refractivity contribution in [3.05, 3.63) is 74.9 Å². The van der Waals surface area contributed by atoms with Crippen LogP contribution in [0.15, 0.2) is 47.4 Å². The Balaban J connectivity index is 0.766. The van der Waals surface area contributed by atoms with Crippen LogP contribution in [0.2, 0.25) is 5.02 Å². The second-order valence-corrected chi connectivity index (χ2v) is 18.3. The summed E-state index contributed by atoms with van der Waals surface area (Å²) in [7, 11) is 1.51. The molecule has 4 amide bonds. The molecule has 0 aliphatic carbocycles. The number of piperidine rings is 3.